The first-order valence-corrected chi connectivity index (χ1v) is 7.61. The van der Waals surface area contributed by atoms with Crippen LogP contribution in [-0.2, 0) is 4.79 Å². The van der Waals surface area contributed by atoms with Crippen LogP contribution in [0.5, 0.6) is 0 Å². The first-order chi connectivity index (χ1) is 9.37. The molecule has 1 aliphatic heterocycles. The second-order valence-corrected chi connectivity index (χ2v) is 6.72. The molecule has 3 rings (SSSR count). The molecule has 0 aromatic heterocycles. The summed E-state index contributed by atoms with van der Waals surface area (Å²) in [5, 5.41) is 0. The first kappa shape index (κ1) is 14.0. The summed E-state index contributed by atoms with van der Waals surface area (Å²) in [5.74, 6) is -1.71. The second kappa shape index (κ2) is 4.50. The van der Waals surface area contributed by atoms with Crippen LogP contribution in [0.1, 0.15) is 51.9 Å². The Balaban J connectivity index is 1.78. The predicted molar refractivity (Wildman–Crippen MR) is 72.9 cm³/mol. The average molecular weight is 284 g/mol. The van der Waals surface area contributed by atoms with E-state index in [1.807, 2.05) is 0 Å². The zero-order valence-corrected chi connectivity index (χ0v) is 12.2. The van der Waals surface area contributed by atoms with Gasteiger partial charge in [-0.05, 0) is 31.1 Å². The summed E-state index contributed by atoms with van der Waals surface area (Å²) in [6, 6.07) is 0. The number of amides is 1. The Hall–Kier alpha value is -1.00. The molecule has 5 heteroatoms. The number of unbranched alkanes of at least 4 members (excludes halogenated alkanes) is 1. The maximum atomic E-state index is 13.4. The van der Waals surface area contributed by atoms with Crippen LogP contribution >= 0.6 is 0 Å². The SMILES string of the molecule is CCCCC1=NC2(CC3CC(F)(F)CC3C2)C(=O)N1C. The maximum absolute atomic E-state index is 13.4. The third-order valence-corrected chi connectivity index (χ3v) is 5.17. The molecule has 2 fully saturated rings. The van der Waals surface area contributed by atoms with Gasteiger partial charge >= 0.3 is 0 Å². The molecule has 0 aromatic rings. The normalized spacial score (nSPS) is 38.7. The maximum Gasteiger partial charge on any atom is 0.255 e. The van der Waals surface area contributed by atoms with Crippen molar-refractivity contribution in [1.82, 2.24) is 4.90 Å². The summed E-state index contributed by atoms with van der Waals surface area (Å²) in [6.07, 6.45) is 3.81. The first-order valence-electron chi connectivity index (χ1n) is 7.61. The third-order valence-electron chi connectivity index (χ3n) is 5.17. The number of fused-ring (bicyclic) bond motifs is 1. The van der Waals surface area contributed by atoms with E-state index >= 15 is 0 Å². The third kappa shape index (κ3) is 2.06. The summed E-state index contributed by atoms with van der Waals surface area (Å²) >= 11 is 0. The molecule has 1 spiro atoms. The zero-order valence-electron chi connectivity index (χ0n) is 12.2. The topological polar surface area (TPSA) is 32.7 Å². The van der Waals surface area contributed by atoms with Gasteiger partial charge in [-0.25, -0.2) is 8.78 Å². The quantitative estimate of drug-likeness (QED) is 0.783. The standard InChI is InChI=1S/C15H22F2N2O/c1-3-4-5-12-18-14(13(20)19(12)2)6-10-8-15(16,17)9-11(10)7-14/h10-11H,3-9H2,1-2H3. The average Bonchev–Trinajstić information content (AvgIpc) is 2.90. The Morgan fingerprint density at radius 3 is 2.40 bits per heavy atom. The lowest BCUT2D eigenvalue weighted by molar-refractivity contribution is -0.130. The summed E-state index contributed by atoms with van der Waals surface area (Å²) in [7, 11) is 1.77. The van der Waals surface area contributed by atoms with Crippen molar-refractivity contribution in [3.05, 3.63) is 0 Å². The highest BCUT2D eigenvalue weighted by atomic mass is 19.3. The molecule has 1 amide bonds. The van der Waals surface area contributed by atoms with E-state index in [9.17, 15) is 13.6 Å². The predicted octanol–water partition coefficient (Wildman–Crippen LogP) is 3.24. The number of likely N-dealkylation sites (N-methyl/N-ethyl adjacent to an activating group) is 1. The molecular weight excluding hydrogens is 262 g/mol. The van der Waals surface area contributed by atoms with Crippen molar-refractivity contribution in [3.8, 4) is 0 Å². The minimum Gasteiger partial charge on any atom is -0.302 e. The van der Waals surface area contributed by atoms with Gasteiger partial charge < -0.3 is 4.90 Å². The van der Waals surface area contributed by atoms with E-state index in [0.29, 0.717) is 12.8 Å². The van der Waals surface area contributed by atoms with Crippen LogP contribution in [0, 0.1) is 11.8 Å². The van der Waals surface area contributed by atoms with Crippen LogP contribution in [0.3, 0.4) is 0 Å². The molecular formula is C15H22F2N2O. The van der Waals surface area contributed by atoms with Crippen molar-refractivity contribution < 1.29 is 13.6 Å². The Morgan fingerprint density at radius 2 is 1.85 bits per heavy atom. The van der Waals surface area contributed by atoms with Crippen molar-refractivity contribution in [2.75, 3.05) is 7.05 Å². The number of carbonyl (C=O) groups excluding carboxylic acids is 1. The Morgan fingerprint density at radius 1 is 1.25 bits per heavy atom. The van der Waals surface area contributed by atoms with E-state index in [-0.39, 0.29) is 30.6 Å². The van der Waals surface area contributed by atoms with Gasteiger partial charge in [-0.2, -0.15) is 0 Å². The van der Waals surface area contributed by atoms with Crippen LogP contribution in [0.25, 0.3) is 0 Å². The van der Waals surface area contributed by atoms with Crippen molar-refractivity contribution in [3.63, 3.8) is 0 Å². The fourth-order valence-electron chi connectivity index (χ4n) is 4.24. The van der Waals surface area contributed by atoms with E-state index < -0.39 is 11.5 Å². The number of hydrogen-bond donors (Lipinski definition) is 0. The van der Waals surface area contributed by atoms with E-state index in [1.165, 1.54) is 0 Å². The fraction of sp³-hybridized carbons (Fsp3) is 0.867. The van der Waals surface area contributed by atoms with Crippen LogP contribution in [0.4, 0.5) is 8.78 Å². The van der Waals surface area contributed by atoms with Gasteiger partial charge in [-0.3, -0.25) is 9.79 Å². The molecule has 0 bridgehead atoms. The number of carbonyl (C=O) groups is 1. The van der Waals surface area contributed by atoms with Crippen LogP contribution in [-0.4, -0.2) is 35.2 Å². The molecule has 0 N–H and O–H groups in total. The molecule has 3 aliphatic rings. The van der Waals surface area contributed by atoms with Gasteiger partial charge in [0, 0.05) is 26.3 Å². The van der Waals surface area contributed by atoms with E-state index in [0.717, 1.165) is 25.1 Å². The fourth-order valence-corrected chi connectivity index (χ4v) is 4.24. The lowest BCUT2D eigenvalue weighted by Crippen LogP contribution is -2.39. The van der Waals surface area contributed by atoms with E-state index in [2.05, 4.69) is 6.92 Å². The van der Waals surface area contributed by atoms with Gasteiger partial charge in [-0.15, -0.1) is 0 Å². The highest BCUT2D eigenvalue weighted by Crippen LogP contribution is 2.56. The number of nitrogens with zero attached hydrogens (tertiary/aromatic N) is 2. The minimum atomic E-state index is -2.53. The lowest BCUT2D eigenvalue weighted by atomic mass is 9.93. The largest absolute Gasteiger partial charge is 0.302 e. The Kier molecular flexibility index (Phi) is 3.14. The van der Waals surface area contributed by atoms with Crippen molar-refractivity contribution >= 4 is 11.7 Å². The number of hydrogen-bond acceptors (Lipinski definition) is 2. The van der Waals surface area contributed by atoms with Crippen LogP contribution in [0.2, 0.25) is 0 Å². The summed E-state index contributed by atoms with van der Waals surface area (Å²) in [4.78, 5) is 18.9. The molecule has 3 nitrogen and oxygen atoms in total. The van der Waals surface area contributed by atoms with Gasteiger partial charge in [0.2, 0.25) is 5.92 Å². The monoisotopic (exact) mass is 284 g/mol. The lowest BCUT2D eigenvalue weighted by Gasteiger charge is -2.21. The van der Waals surface area contributed by atoms with E-state index in [1.54, 1.807) is 11.9 Å². The van der Waals surface area contributed by atoms with Crippen LogP contribution in [0.15, 0.2) is 4.99 Å². The molecule has 0 aromatic carbocycles. The molecule has 2 atom stereocenters. The number of halogens is 2. The van der Waals surface area contributed by atoms with Gasteiger partial charge in [0.25, 0.3) is 5.91 Å². The number of aliphatic imine (C=N–C) groups is 1. The Labute approximate surface area is 118 Å². The van der Waals surface area contributed by atoms with Gasteiger partial charge in [-0.1, -0.05) is 13.3 Å². The highest BCUT2D eigenvalue weighted by Gasteiger charge is 2.60. The Bertz CT molecular complexity index is 445. The molecule has 112 valence electrons. The summed E-state index contributed by atoms with van der Waals surface area (Å²) < 4.78 is 26.9. The molecule has 20 heavy (non-hydrogen) atoms. The molecule has 0 radical (unpaired) electrons. The summed E-state index contributed by atoms with van der Waals surface area (Å²) in [5.41, 5.74) is -0.705. The van der Waals surface area contributed by atoms with Crippen molar-refractivity contribution in [2.45, 2.75) is 63.3 Å². The van der Waals surface area contributed by atoms with Crippen molar-refractivity contribution in [1.29, 1.82) is 0 Å². The minimum absolute atomic E-state index is 0.0290. The zero-order chi connectivity index (χ0) is 14.5. The van der Waals surface area contributed by atoms with Gasteiger partial charge in [0.05, 0.1) is 0 Å². The molecule has 1 heterocycles. The van der Waals surface area contributed by atoms with Gasteiger partial charge in [0.15, 0.2) is 0 Å². The molecule has 2 unspecified atom stereocenters. The number of rotatable bonds is 3. The van der Waals surface area contributed by atoms with Gasteiger partial charge in [0.1, 0.15) is 11.4 Å². The molecule has 2 aliphatic carbocycles. The van der Waals surface area contributed by atoms with Crippen LogP contribution < -0.4 is 0 Å². The number of alkyl halides is 2. The second-order valence-electron chi connectivity index (χ2n) is 6.72. The summed E-state index contributed by atoms with van der Waals surface area (Å²) in [6.45, 7) is 2.11. The number of amidine groups is 1. The highest BCUT2D eigenvalue weighted by molar-refractivity contribution is 6.08. The molecule has 0 saturated heterocycles. The molecule has 2 saturated carbocycles. The van der Waals surface area contributed by atoms with Crippen molar-refractivity contribution in [2.24, 2.45) is 16.8 Å². The smallest absolute Gasteiger partial charge is 0.255 e. The van der Waals surface area contributed by atoms with E-state index in [4.69, 9.17) is 4.99 Å².